The molecule has 366 valence electrons. The lowest BCUT2D eigenvalue weighted by Crippen LogP contribution is -2.56. The number of hydrogen-bond donors (Lipinski definition) is 8. The molecule has 21 nitrogen and oxygen atoms in total. The molecule has 4 atom stereocenters. The van der Waals surface area contributed by atoms with Crippen molar-refractivity contribution in [3.05, 3.63) is 89.1 Å². The third kappa shape index (κ3) is 13.5. The van der Waals surface area contributed by atoms with Crippen molar-refractivity contribution in [1.82, 2.24) is 36.1 Å². The molecule has 0 spiro atoms. The average Bonchev–Trinajstić information content (AvgIpc) is 3.32. The first-order valence-corrected chi connectivity index (χ1v) is 22.2. The van der Waals surface area contributed by atoms with E-state index < -0.39 is 66.3 Å². The molecular weight excluding hydrogens is 891 g/mol. The maximum absolute atomic E-state index is 14.7. The lowest BCUT2D eigenvalue weighted by atomic mass is 9.87. The molecule has 4 unspecified atom stereocenters. The summed E-state index contributed by atoms with van der Waals surface area (Å²) in [6.07, 6.45) is 0.995. The summed E-state index contributed by atoms with van der Waals surface area (Å²) in [5.41, 5.74) is 20.5. The number of carboxylic acids is 1. The van der Waals surface area contributed by atoms with Crippen LogP contribution in [0.25, 0.3) is 22.5 Å². The molecule has 0 fully saturated rings. The van der Waals surface area contributed by atoms with Crippen LogP contribution in [0.2, 0.25) is 0 Å². The minimum atomic E-state index is -1.50. The van der Waals surface area contributed by atoms with E-state index in [9.17, 15) is 39.1 Å². The minimum Gasteiger partial charge on any atom is -0.492 e. The molecule has 0 aliphatic carbocycles. The fourth-order valence-electron chi connectivity index (χ4n) is 7.39. The van der Waals surface area contributed by atoms with Crippen molar-refractivity contribution in [2.24, 2.45) is 17.2 Å². The first-order valence-electron chi connectivity index (χ1n) is 22.2. The molecule has 21 heteroatoms. The molecule has 3 aromatic carbocycles. The SMILES string of the molecule is CC1NC(=O)C(N(C)C(=O)C(CCN)NC(=O)c2cnc(-c3ccc(C(C)(C)C)cc3)nc2OCC(=O)O)c2ccc(OCCN)c(c2)-c2cc(ccc2OCCN)CC(C(=O)NCC#N)NC1=O. The molecule has 4 aromatic rings. The number of likely N-dealkylation sites (N-methyl/N-ethyl adjacent to an activating group) is 1. The summed E-state index contributed by atoms with van der Waals surface area (Å²) in [5.74, 6) is -4.80. The number of fused-ring (bicyclic) bond motifs is 5. The van der Waals surface area contributed by atoms with Gasteiger partial charge < -0.3 is 62.7 Å². The van der Waals surface area contributed by atoms with Crippen LogP contribution in [0.1, 0.15) is 67.2 Å². The Kier molecular flexibility index (Phi) is 18.1. The van der Waals surface area contributed by atoms with Crippen LogP contribution in [0.15, 0.2) is 66.9 Å². The number of rotatable bonds is 18. The fraction of sp³-hybridized carbons (Fsp3) is 0.396. The standard InChI is InChI=1S/C48H59N11O10/c1-27-42(62)57-36(44(64)53-19-16-50)23-28-6-12-37(67-20-17-51)32(22-28)33-24-30(9-13-38(33)68-21-18-52)40(45(65)55-27)59(5)47(66)35(14-15-49)56-43(63)34-25-54-41(58-46(34)69-26-39(60)61)29-7-10-31(11-8-29)48(2,3)4/h6-13,22,24-25,27,35-36,40H,14-15,17-21,23,26,49,51-52H2,1-5H3,(H,53,64)(H,55,65)(H,56,63)(H,57,62)(H,60,61). The molecule has 5 amide bonds. The maximum atomic E-state index is 14.7. The van der Waals surface area contributed by atoms with Crippen molar-refractivity contribution >= 4 is 35.5 Å². The van der Waals surface area contributed by atoms with Gasteiger partial charge in [0.05, 0.1) is 6.07 Å². The number of nitrogens with two attached hydrogens (primary N) is 3. The van der Waals surface area contributed by atoms with E-state index in [2.05, 4.69) is 52.0 Å². The lowest BCUT2D eigenvalue weighted by Gasteiger charge is -2.32. The second-order valence-electron chi connectivity index (χ2n) is 17.1. The number of carbonyl (C=O) groups is 6. The summed E-state index contributed by atoms with van der Waals surface area (Å²) in [6.45, 7) is 6.83. The van der Waals surface area contributed by atoms with E-state index >= 15 is 0 Å². The molecule has 0 radical (unpaired) electrons. The van der Waals surface area contributed by atoms with Crippen molar-refractivity contribution in [3.8, 4) is 46.0 Å². The highest BCUT2D eigenvalue weighted by molar-refractivity contribution is 6.00. The summed E-state index contributed by atoms with van der Waals surface area (Å²) >= 11 is 0. The van der Waals surface area contributed by atoms with Gasteiger partial charge >= 0.3 is 5.97 Å². The van der Waals surface area contributed by atoms with Gasteiger partial charge in [-0.1, -0.05) is 57.2 Å². The van der Waals surface area contributed by atoms with Crippen molar-refractivity contribution in [1.29, 1.82) is 5.26 Å². The molecule has 4 bridgehead atoms. The molecule has 1 aromatic heterocycles. The van der Waals surface area contributed by atoms with Gasteiger partial charge in [-0.3, -0.25) is 24.0 Å². The number of benzene rings is 3. The number of carboxylic acid groups (broad SMARTS) is 1. The lowest BCUT2D eigenvalue weighted by molar-refractivity contribution is -0.141. The van der Waals surface area contributed by atoms with Crippen molar-refractivity contribution < 1.29 is 48.1 Å². The van der Waals surface area contributed by atoms with E-state index in [4.69, 9.17) is 31.4 Å². The Bertz CT molecular complexity index is 2560. The Morgan fingerprint density at radius 3 is 2.17 bits per heavy atom. The quantitative estimate of drug-likeness (QED) is 0.0647. The van der Waals surface area contributed by atoms with Crippen LogP contribution in [0.5, 0.6) is 17.4 Å². The smallest absolute Gasteiger partial charge is 0.341 e. The Balaban J connectivity index is 1.58. The zero-order valence-electron chi connectivity index (χ0n) is 39.2. The molecule has 0 saturated heterocycles. The van der Waals surface area contributed by atoms with Crippen molar-refractivity contribution in [3.63, 3.8) is 0 Å². The van der Waals surface area contributed by atoms with Gasteiger partial charge in [-0.2, -0.15) is 10.2 Å². The predicted octanol–water partition coefficient (Wildman–Crippen LogP) is 1.08. The Labute approximate surface area is 399 Å². The topological polar surface area (TPSA) is 329 Å². The largest absolute Gasteiger partial charge is 0.492 e. The maximum Gasteiger partial charge on any atom is 0.341 e. The third-order valence-electron chi connectivity index (χ3n) is 11.0. The molecule has 11 N–H and O–H groups in total. The van der Waals surface area contributed by atoms with E-state index in [1.165, 1.54) is 14.0 Å². The number of hydrogen-bond acceptors (Lipinski definition) is 15. The number of nitrogens with one attached hydrogen (secondary N) is 4. The molecule has 69 heavy (non-hydrogen) atoms. The zero-order valence-corrected chi connectivity index (χ0v) is 39.2. The van der Waals surface area contributed by atoms with Gasteiger partial charge in [-0.15, -0.1) is 0 Å². The summed E-state index contributed by atoms with van der Waals surface area (Å²) < 4.78 is 17.6. The second-order valence-corrected chi connectivity index (χ2v) is 17.1. The second kappa shape index (κ2) is 23.9. The first-order chi connectivity index (χ1) is 32.9. The molecular formula is C48H59N11O10. The van der Waals surface area contributed by atoms with Gasteiger partial charge in [0.15, 0.2) is 12.4 Å². The van der Waals surface area contributed by atoms with Crippen molar-refractivity contribution in [2.75, 3.05) is 53.0 Å². The van der Waals surface area contributed by atoms with Crippen LogP contribution in [0.3, 0.4) is 0 Å². The molecule has 1 aliphatic rings. The summed E-state index contributed by atoms with van der Waals surface area (Å²) in [4.78, 5) is 92.0. The monoisotopic (exact) mass is 949 g/mol. The zero-order chi connectivity index (χ0) is 50.4. The predicted molar refractivity (Wildman–Crippen MR) is 253 cm³/mol. The van der Waals surface area contributed by atoms with Gasteiger partial charge in [0.25, 0.3) is 5.91 Å². The Morgan fingerprint density at radius 1 is 0.913 bits per heavy atom. The van der Waals surface area contributed by atoms with Crippen LogP contribution in [0.4, 0.5) is 0 Å². The van der Waals surface area contributed by atoms with E-state index in [-0.39, 0.29) is 80.5 Å². The summed E-state index contributed by atoms with van der Waals surface area (Å²) in [6, 6.07) is 13.8. The minimum absolute atomic E-state index is 0.0322. The van der Waals surface area contributed by atoms with Gasteiger partial charge in [0.1, 0.15) is 61.0 Å². The van der Waals surface area contributed by atoms with Crippen LogP contribution in [-0.2, 0) is 35.8 Å². The van der Waals surface area contributed by atoms with Gasteiger partial charge in [-0.25, -0.2) is 9.78 Å². The molecule has 1 aliphatic heterocycles. The van der Waals surface area contributed by atoms with E-state index in [1.54, 1.807) is 48.5 Å². The number of aromatic nitrogens is 2. The first kappa shape index (κ1) is 52.3. The number of carbonyl (C=O) groups excluding carboxylic acids is 5. The van der Waals surface area contributed by atoms with Gasteiger partial charge in [-0.05, 0) is 66.3 Å². The third-order valence-corrected chi connectivity index (χ3v) is 11.0. The van der Waals surface area contributed by atoms with Crippen LogP contribution < -0.4 is 52.7 Å². The van der Waals surface area contributed by atoms with E-state index in [1.807, 2.05) is 18.2 Å². The highest BCUT2D eigenvalue weighted by atomic mass is 16.5. The highest BCUT2D eigenvalue weighted by Gasteiger charge is 2.36. The average molecular weight is 950 g/mol. The number of ether oxygens (including phenoxy) is 3. The number of nitrogens with zero attached hydrogens (tertiary/aromatic N) is 4. The summed E-state index contributed by atoms with van der Waals surface area (Å²) in [5, 5.41) is 29.1. The highest BCUT2D eigenvalue weighted by Crippen LogP contribution is 2.40. The Morgan fingerprint density at radius 2 is 1.57 bits per heavy atom. The van der Waals surface area contributed by atoms with Gasteiger partial charge in [0.2, 0.25) is 29.5 Å². The molecule has 5 rings (SSSR count). The summed E-state index contributed by atoms with van der Waals surface area (Å²) in [7, 11) is 1.34. The fourth-order valence-corrected chi connectivity index (χ4v) is 7.39. The number of amides is 5. The Hall–Kier alpha value is -7.67. The van der Waals surface area contributed by atoms with Crippen LogP contribution >= 0.6 is 0 Å². The number of nitriles is 1. The normalized spacial score (nSPS) is 16.3. The van der Waals surface area contributed by atoms with Crippen LogP contribution in [0, 0.1) is 11.3 Å². The number of aliphatic carboxylic acids is 1. The molecule has 2 heterocycles. The van der Waals surface area contributed by atoms with Crippen LogP contribution in [-0.4, -0.2) is 127 Å². The van der Waals surface area contributed by atoms with E-state index in [0.717, 1.165) is 16.7 Å². The van der Waals surface area contributed by atoms with Crippen molar-refractivity contribution in [2.45, 2.75) is 70.1 Å². The van der Waals surface area contributed by atoms with E-state index in [0.29, 0.717) is 33.8 Å². The van der Waals surface area contributed by atoms with Gasteiger partial charge in [0, 0.05) is 49.4 Å². The molecule has 0 saturated carbocycles.